The molecule has 0 saturated carbocycles. The first-order chi connectivity index (χ1) is 12.4. The lowest BCUT2D eigenvalue weighted by Crippen LogP contribution is -2.17. The van der Waals surface area contributed by atoms with Crippen LogP contribution < -0.4 is 4.80 Å². The highest BCUT2D eigenvalue weighted by atomic mass is 32.1. The molecule has 1 heterocycles. The van der Waals surface area contributed by atoms with Crippen molar-refractivity contribution in [3.05, 3.63) is 74.4 Å². The maximum Gasteiger partial charge on any atom is 0.279 e. The zero-order valence-electron chi connectivity index (χ0n) is 16.0. The maximum atomic E-state index is 12.7. The van der Waals surface area contributed by atoms with E-state index in [0.717, 1.165) is 22.6 Å². The molecule has 0 unspecified atom stereocenters. The number of aryl methyl sites for hydroxylation is 4. The average molecular weight is 365 g/mol. The van der Waals surface area contributed by atoms with E-state index in [-0.39, 0.29) is 5.91 Å². The molecule has 3 aromatic rings. The number of carbonyl (C=O) groups is 1. The third kappa shape index (κ3) is 3.42. The quantitative estimate of drug-likeness (QED) is 0.628. The van der Waals surface area contributed by atoms with Crippen LogP contribution >= 0.6 is 11.3 Å². The van der Waals surface area contributed by atoms with Crippen LogP contribution in [0.15, 0.2) is 47.5 Å². The molecule has 1 aromatic heterocycles. The van der Waals surface area contributed by atoms with Crippen LogP contribution in [0.4, 0.5) is 0 Å². The Balaban J connectivity index is 2.14. The van der Waals surface area contributed by atoms with Crippen LogP contribution in [0.1, 0.15) is 38.8 Å². The van der Waals surface area contributed by atoms with Crippen molar-refractivity contribution < 1.29 is 4.79 Å². The fourth-order valence-corrected chi connectivity index (χ4v) is 4.17. The second kappa shape index (κ2) is 7.42. The van der Waals surface area contributed by atoms with Gasteiger partial charge in [-0.05, 0) is 69.0 Å². The summed E-state index contributed by atoms with van der Waals surface area (Å²) in [5.41, 5.74) is 6.49. The van der Waals surface area contributed by atoms with Gasteiger partial charge in [0, 0.05) is 17.0 Å². The first-order valence-electron chi connectivity index (χ1n) is 8.85. The van der Waals surface area contributed by atoms with E-state index in [2.05, 4.69) is 55.5 Å². The van der Waals surface area contributed by atoms with Crippen LogP contribution in [0.2, 0.25) is 0 Å². The first-order valence-corrected chi connectivity index (χ1v) is 9.66. The second-order valence-corrected chi connectivity index (χ2v) is 7.75. The van der Waals surface area contributed by atoms with Crippen molar-refractivity contribution >= 4 is 17.2 Å². The van der Waals surface area contributed by atoms with Gasteiger partial charge >= 0.3 is 0 Å². The molecule has 26 heavy (non-hydrogen) atoms. The van der Waals surface area contributed by atoms with Gasteiger partial charge in [0.2, 0.25) is 0 Å². The van der Waals surface area contributed by atoms with Gasteiger partial charge in [-0.2, -0.15) is 4.99 Å². The summed E-state index contributed by atoms with van der Waals surface area (Å²) < 4.78 is 2.14. The highest BCUT2D eigenvalue weighted by Gasteiger charge is 2.14. The van der Waals surface area contributed by atoms with Crippen LogP contribution in [0.25, 0.3) is 11.3 Å². The van der Waals surface area contributed by atoms with Crippen LogP contribution in [0, 0.1) is 27.7 Å². The predicted octanol–water partition coefficient (Wildman–Crippen LogP) is 5.21. The Morgan fingerprint density at radius 3 is 2.38 bits per heavy atom. The molecule has 2 aromatic carbocycles. The summed E-state index contributed by atoms with van der Waals surface area (Å²) in [6.45, 7) is 11.1. The van der Waals surface area contributed by atoms with Gasteiger partial charge in [0.25, 0.3) is 5.91 Å². The lowest BCUT2D eigenvalue weighted by atomic mass is 10.0. The van der Waals surface area contributed by atoms with E-state index in [4.69, 9.17) is 0 Å². The zero-order chi connectivity index (χ0) is 18.8. The molecule has 4 heteroatoms. The molecule has 0 aliphatic carbocycles. The largest absolute Gasteiger partial charge is 0.316 e. The van der Waals surface area contributed by atoms with E-state index >= 15 is 0 Å². The number of aromatic nitrogens is 1. The summed E-state index contributed by atoms with van der Waals surface area (Å²) in [5.74, 6) is -0.182. The Hall–Kier alpha value is -2.46. The highest BCUT2D eigenvalue weighted by molar-refractivity contribution is 7.09. The highest BCUT2D eigenvalue weighted by Crippen LogP contribution is 2.27. The minimum absolute atomic E-state index is 0.182. The van der Waals surface area contributed by atoms with Gasteiger partial charge in [-0.3, -0.25) is 4.79 Å². The number of rotatable bonds is 3. The Bertz CT molecular complexity index is 1040. The SMILES string of the molecule is CCn1c(-c2ccc(C)c(C)c2)c(C)sc1=NC(=O)c1ccccc1C. The predicted molar refractivity (Wildman–Crippen MR) is 109 cm³/mol. The van der Waals surface area contributed by atoms with Gasteiger partial charge < -0.3 is 4.57 Å². The number of carbonyl (C=O) groups excluding carboxylic acids is 1. The monoisotopic (exact) mass is 364 g/mol. The maximum absolute atomic E-state index is 12.7. The summed E-state index contributed by atoms with van der Waals surface area (Å²) in [6.07, 6.45) is 0. The molecule has 0 bridgehead atoms. The standard InChI is InChI=1S/C22H24N2OS/c1-6-24-20(18-12-11-14(2)16(4)13-18)17(5)26-22(24)23-21(25)19-10-8-7-9-15(19)3/h7-13H,6H2,1-5H3. The Morgan fingerprint density at radius 1 is 1.00 bits per heavy atom. The Labute approximate surface area is 158 Å². The van der Waals surface area contributed by atoms with Crippen LogP contribution in [-0.2, 0) is 6.54 Å². The molecule has 0 N–H and O–H groups in total. The van der Waals surface area contributed by atoms with Crippen molar-refractivity contribution in [3.8, 4) is 11.3 Å². The third-order valence-electron chi connectivity index (χ3n) is 4.75. The van der Waals surface area contributed by atoms with E-state index < -0.39 is 0 Å². The number of hydrogen-bond donors (Lipinski definition) is 0. The summed E-state index contributed by atoms with van der Waals surface area (Å²) in [7, 11) is 0. The topological polar surface area (TPSA) is 34.4 Å². The van der Waals surface area contributed by atoms with Crippen LogP contribution in [0.3, 0.4) is 0 Å². The summed E-state index contributed by atoms with van der Waals surface area (Å²) in [6, 6.07) is 14.1. The Morgan fingerprint density at radius 2 is 1.73 bits per heavy atom. The van der Waals surface area contributed by atoms with Gasteiger partial charge in [0.15, 0.2) is 4.80 Å². The number of benzene rings is 2. The minimum atomic E-state index is -0.182. The summed E-state index contributed by atoms with van der Waals surface area (Å²) in [5, 5.41) is 0. The minimum Gasteiger partial charge on any atom is -0.316 e. The van der Waals surface area contributed by atoms with Gasteiger partial charge in [-0.1, -0.05) is 30.3 Å². The number of thiazole rings is 1. The fourth-order valence-electron chi connectivity index (χ4n) is 3.11. The molecule has 134 valence electrons. The summed E-state index contributed by atoms with van der Waals surface area (Å²) >= 11 is 1.57. The molecule has 1 amide bonds. The van der Waals surface area contributed by atoms with E-state index in [1.54, 1.807) is 11.3 Å². The van der Waals surface area contributed by atoms with E-state index in [1.165, 1.54) is 21.6 Å². The zero-order valence-corrected chi connectivity index (χ0v) is 16.8. The molecule has 0 radical (unpaired) electrons. The number of amides is 1. The molecule has 0 spiro atoms. The molecular formula is C22H24N2OS. The lowest BCUT2D eigenvalue weighted by Gasteiger charge is -2.10. The van der Waals surface area contributed by atoms with E-state index in [9.17, 15) is 4.79 Å². The molecule has 0 fully saturated rings. The van der Waals surface area contributed by atoms with Crippen molar-refractivity contribution in [1.29, 1.82) is 0 Å². The van der Waals surface area contributed by atoms with Crippen molar-refractivity contribution in [2.45, 2.75) is 41.2 Å². The van der Waals surface area contributed by atoms with E-state index in [0.29, 0.717) is 5.56 Å². The number of nitrogens with zero attached hydrogens (tertiary/aromatic N) is 2. The van der Waals surface area contributed by atoms with Crippen LogP contribution in [0.5, 0.6) is 0 Å². The van der Waals surface area contributed by atoms with Crippen molar-refractivity contribution in [2.75, 3.05) is 0 Å². The molecule has 3 rings (SSSR count). The average Bonchev–Trinajstić information content (AvgIpc) is 2.92. The lowest BCUT2D eigenvalue weighted by molar-refractivity contribution is 0.0997. The van der Waals surface area contributed by atoms with Gasteiger partial charge in [0.05, 0.1) is 5.69 Å². The molecule has 0 atom stereocenters. The van der Waals surface area contributed by atoms with Crippen molar-refractivity contribution in [2.24, 2.45) is 4.99 Å². The van der Waals surface area contributed by atoms with Crippen molar-refractivity contribution in [1.82, 2.24) is 4.57 Å². The van der Waals surface area contributed by atoms with Crippen molar-refractivity contribution in [3.63, 3.8) is 0 Å². The number of hydrogen-bond acceptors (Lipinski definition) is 2. The molecule has 0 aliphatic heterocycles. The second-order valence-electron chi connectivity index (χ2n) is 6.56. The molecule has 0 aliphatic rings. The molecule has 0 saturated heterocycles. The van der Waals surface area contributed by atoms with Gasteiger partial charge in [-0.15, -0.1) is 11.3 Å². The van der Waals surface area contributed by atoms with E-state index in [1.807, 2.05) is 31.2 Å². The fraction of sp³-hybridized carbons (Fsp3) is 0.273. The summed E-state index contributed by atoms with van der Waals surface area (Å²) in [4.78, 5) is 19.1. The van der Waals surface area contributed by atoms with Gasteiger partial charge in [-0.25, -0.2) is 0 Å². The first kappa shape index (κ1) is 18.3. The van der Waals surface area contributed by atoms with Crippen LogP contribution in [-0.4, -0.2) is 10.5 Å². The third-order valence-corrected chi connectivity index (χ3v) is 5.74. The normalized spacial score (nSPS) is 11.8. The van der Waals surface area contributed by atoms with Gasteiger partial charge in [0.1, 0.15) is 0 Å². The molecule has 3 nitrogen and oxygen atoms in total. The smallest absolute Gasteiger partial charge is 0.279 e. The molecular weight excluding hydrogens is 340 g/mol. The Kier molecular flexibility index (Phi) is 5.23.